The molecule has 2 heterocycles. The molecule has 2 aromatic rings. The van der Waals surface area contributed by atoms with Crippen molar-refractivity contribution in [1.82, 2.24) is 9.21 Å². The molecule has 1 aromatic heterocycles. The third-order valence-corrected chi connectivity index (χ3v) is 7.16. The Kier molecular flexibility index (Phi) is 7.19. The van der Waals surface area contributed by atoms with Gasteiger partial charge in [-0.05, 0) is 17.0 Å². The maximum atomic E-state index is 12.9. The molecule has 9 heteroatoms. The molecule has 1 aromatic carbocycles. The van der Waals surface area contributed by atoms with Gasteiger partial charge in [0, 0.05) is 32.7 Å². The van der Waals surface area contributed by atoms with E-state index in [0.29, 0.717) is 26.2 Å². The van der Waals surface area contributed by atoms with Crippen LogP contribution in [0.3, 0.4) is 0 Å². The topological polar surface area (TPSA) is 66.9 Å². The van der Waals surface area contributed by atoms with Crippen LogP contribution in [0.2, 0.25) is 0 Å². The molecule has 0 spiro atoms. The minimum atomic E-state index is -3.68. The van der Waals surface area contributed by atoms with Gasteiger partial charge in [0.25, 0.3) is 0 Å². The van der Waals surface area contributed by atoms with Gasteiger partial charge < -0.3 is 4.74 Å². The van der Waals surface area contributed by atoms with E-state index >= 15 is 0 Å². The van der Waals surface area contributed by atoms with Gasteiger partial charge in [0.05, 0.1) is 7.11 Å². The maximum absolute atomic E-state index is 12.9. The van der Waals surface area contributed by atoms with Crippen LogP contribution in [-0.4, -0.2) is 56.9 Å². The fraction of sp³-hybridized carbons (Fsp3) is 0.353. The van der Waals surface area contributed by atoms with E-state index < -0.39 is 16.0 Å². The molecular weight excluding hydrogens is 396 g/mol. The molecule has 3 rings (SSSR count). The van der Waals surface area contributed by atoms with Crippen molar-refractivity contribution in [2.75, 3.05) is 33.3 Å². The third-order valence-electron chi connectivity index (χ3n) is 4.20. The van der Waals surface area contributed by atoms with E-state index in [9.17, 15) is 13.2 Å². The van der Waals surface area contributed by atoms with Gasteiger partial charge in [-0.3, -0.25) is 4.90 Å². The first kappa shape index (κ1) is 20.9. The van der Waals surface area contributed by atoms with E-state index in [-0.39, 0.29) is 22.2 Å². The lowest BCUT2D eigenvalue weighted by molar-refractivity contribution is 0.0602. The number of methoxy groups -OCH3 is 1. The Morgan fingerprint density at radius 3 is 2.38 bits per heavy atom. The molecule has 1 saturated heterocycles. The fourth-order valence-corrected chi connectivity index (χ4v) is 5.58. The lowest BCUT2D eigenvalue weighted by atomic mass is 10.2. The van der Waals surface area contributed by atoms with Gasteiger partial charge in [0.1, 0.15) is 9.77 Å². The molecule has 0 atom stereocenters. The lowest BCUT2D eigenvalue weighted by Crippen LogP contribution is -2.48. The predicted octanol–water partition coefficient (Wildman–Crippen LogP) is 2.46. The molecule has 142 valence electrons. The van der Waals surface area contributed by atoms with Crippen LogP contribution in [0.5, 0.6) is 0 Å². The summed E-state index contributed by atoms with van der Waals surface area (Å²) in [6.45, 7) is 2.94. The van der Waals surface area contributed by atoms with Crippen molar-refractivity contribution in [2.45, 2.75) is 11.4 Å². The number of benzene rings is 1. The monoisotopic (exact) mass is 416 g/mol. The first-order chi connectivity index (χ1) is 12.0. The van der Waals surface area contributed by atoms with E-state index in [2.05, 4.69) is 21.8 Å². The summed E-state index contributed by atoms with van der Waals surface area (Å²) < 4.78 is 31.9. The van der Waals surface area contributed by atoms with Crippen molar-refractivity contribution >= 4 is 39.7 Å². The maximum Gasteiger partial charge on any atom is 0.349 e. The largest absolute Gasteiger partial charge is 0.465 e. The van der Waals surface area contributed by atoms with E-state index in [1.165, 1.54) is 23.0 Å². The quantitative estimate of drug-likeness (QED) is 0.700. The summed E-state index contributed by atoms with van der Waals surface area (Å²) in [5.74, 6) is -0.615. The lowest BCUT2D eigenvalue weighted by Gasteiger charge is -2.33. The number of carbonyl (C=O) groups excluding carboxylic acids is 1. The number of thiophene rings is 1. The van der Waals surface area contributed by atoms with Crippen LogP contribution < -0.4 is 0 Å². The van der Waals surface area contributed by atoms with E-state index in [4.69, 9.17) is 0 Å². The van der Waals surface area contributed by atoms with Crippen LogP contribution in [0.25, 0.3) is 0 Å². The minimum absolute atomic E-state index is 0. The first-order valence-corrected chi connectivity index (χ1v) is 10.3. The normalized spacial score (nSPS) is 16.0. The molecule has 0 aliphatic carbocycles. The van der Waals surface area contributed by atoms with Gasteiger partial charge in [0.2, 0.25) is 10.0 Å². The smallest absolute Gasteiger partial charge is 0.349 e. The number of rotatable bonds is 5. The van der Waals surface area contributed by atoms with Crippen molar-refractivity contribution in [2.24, 2.45) is 0 Å². The Morgan fingerprint density at radius 2 is 1.77 bits per heavy atom. The number of hydrogen-bond donors (Lipinski definition) is 0. The average molecular weight is 417 g/mol. The van der Waals surface area contributed by atoms with Crippen LogP contribution in [-0.2, 0) is 21.3 Å². The third kappa shape index (κ3) is 4.44. The second kappa shape index (κ2) is 8.96. The van der Waals surface area contributed by atoms with E-state index in [0.717, 1.165) is 17.9 Å². The van der Waals surface area contributed by atoms with Gasteiger partial charge in [-0.25, -0.2) is 13.2 Å². The zero-order valence-corrected chi connectivity index (χ0v) is 16.8. The minimum Gasteiger partial charge on any atom is -0.465 e. The van der Waals surface area contributed by atoms with Crippen molar-refractivity contribution in [1.29, 1.82) is 0 Å². The summed E-state index contributed by atoms with van der Waals surface area (Å²) in [5, 5.41) is 1.60. The van der Waals surface area contributed by atoms with Crippen LogP contribution in [0.4, 0.5) is 0 Å². The number of sulfonamides is 1. The number of esters is 1. The SMILES string of the molecule is COC(=O)c1sccc1S(=O)(=O)N1CCN(Cc2ccccc2)CC1.Cl. The predicted molar refractivity (Wildman–Crippen MR) is 103 cm³/mol. The molecule has 0 radical (unpaired) electrons. The van der Waals surface area contributed by atoms with Crippen molar-refractivity contribution in [3.8, 4) is 0 Å². The Bertz CT molecular complexity index is 831. The second-order valence-electron chi connectivity index (χ2n) is 5.77. The van der Waals surface area contributed by atoms with Gasteiger partial charge in [-0.2, -0.15) is 4.31 Å². The van der Waals surface area contributed by atoms with Gasteiger partial charge >= 0.3 is 5.97 Å². The number of carbonyl (C=O) groups is 1. The Morgan fingerprint density at radius 1 is 1.12 bits per heavy atom. The summed E-state index contributed by atoms with van der Waals surface area (Å²) >= 11 is 1.08. The molecule has 0 amide bonds. The molecule has 0 bridgehead atoms. The highest BCUT2D eigenvalue weighted by molar-refractivity contribution is 7.89. The van der Waals surface area contributed by atoms with Crippen LogP contribution >= 0.6 is 23.7 Å². The number of hydrogen-bond acceptors (Lipinski definition) is 6. The fourth-order valence-electron chi connectivity index (χ4n) is 2.85. The standard InChI is InChI=1S/C17H20N2O4S2.ClH/c1-23-17(20)16-15(7-12-24-16)25(21,22)19-10-8-18(9-11-19)13-14-5-3-2-4-6-14;/h2-7,12H,8-11,13H2,1H3;1H. The number of nitrogens with zero attached hydrogens (tertiary/aromatic N) is 2. The molecule has 26 heavy (non-hydrogen) atoms. The van der Waals surface area contributed by atoms with Gasteiger partial charge in [-0.15, -0.1) is 23.7 Å². The summed E-state index contributed by atoms with van der Waals surface area (Å²) in [5.41, 5.74) is 1.21. The summed E-state index contributed by atoms with van der Waals surface area (Å²) in [6, 6.07) is 11.6. The highest BCUT2D eigenvalue weighted by Gasteiger charge is 2.32. The molecule has 0 saturated carbocycles. The van der Waals surface area contributed by atoms with Crippen molar-refractivity contribution in [3.05, 3.63) is 52.2 Å². The van der Waals surface area contributed by atoms with Crippen LogP contribution in [0.1, 0.15) is 15.2 Å². The molecule has 1 fully saturated rings. The number of ether oxygens (including phenoxy) is 1. The summed E-state index contributed by atoms with van der Waals surface area (Å²) in [7, 11) is -2.43. The summed E-state index contributed by atoms with van der Waals surface area (Å²) in [4.78, 5) is 14.2. The second-order valence-corrected chi connectivity index (χ2v) is 8.59. The molecule has 0 unspecified atom stereocenters. The highest BCUT2D eigenvalue weighted by atomic mass is 35.5. The molecular formula is C17H21ClN2O4S2. The molecule has 1 aliphatic heterocycles. The Hall–Kier alpha value is -1.45. The average Bonchev–Trinajstić information content (AvgIpc) is 3.13. The zero-order valence-electron chi connectivity index (χ0n) is 14.3. The molecule has 1 aliphatic rings. The zero-order chi connectivity index (χ0) is 17.9. The van der Waals surface area contributed by atoms with E-state index in [1.54, 1.807) is 5.38 Å². The summed E-state index contributed by atoms with van der Waals surface area (Å²) in [6.07, 6.45) is 0. The Balaban J connectivity index is 0.00000243. The van der Waals surface area contributed by atoms with Gasteiger partial charge in [0.15, 0.2) is 0 Å². The van der Waals surface area contributed by atoms with Crippen molar-refractivity contribution < 1.29 is 17.9 Å². The van der Waals surface area contributed by atoms with Gasteiger partial charge in [-0.1, -0.05) is 30.3 Å². The van der Waals surface area contributed by atoms with Crippen molar-refractivity contribution in [3.63, 3.8) is 0 Å². The van der Waals surface area contributed by atoms with Crippen LogP contribution in [0.15, 0.2) is 46.7 Å². The first-order valence-electron chi connectivity index (χ1n) is 7.94. The number of piperazine rings is 1. The highest BCUT2D eigenvalue weighted by Crippen LogP contribution is 2.26. The van der Waals surface area contributed by atoms with E-state index in [1.807, 2.05) is 18.2 Å². The van der Waals surface area contributed by atoms with Crippen LogP contribution in [0, 0.1) is 0 Å². The number of halogens is 1. The Labute approximate surface area is 163 Å². The molecule has 0 N–H and O–H groups in total. The molecule has 6 nitrogen and oxygen atoms in total.